The minimum atomic E-state index is -0.509. The van der Waals surface area contributed by atoms with Gasteiger partial charge in [0.25, 0.3) is 0 Å². The summed E-state index contributed by atoms with van der Waals surface area (Å²) in [5.41, 5.74) is 2.78. The van der Waals surface area contributed by atoms with Crippen molar-refractivity contribution in [1.29, 1.82) is 0 Å². The van der Waals surface area contributed by atoms with E-state index in [-0.39, 0.29) is 16.7 Å². The summed E-state index contributed by atoms with van der Waals surface area (Å²) in [7, 11) is 0. The van der Waals surface area contributed by atoms with Gasteiger partial charge in [0.2, 0.25) is 5.28 Å². The zero-order valence-corrected chi connectivity index (χ0v) is 10.6. The largest absolute Gasteiger partial charge is 0.313 e. The lowest BCUT2D eigenvalue weighted by atomic mass is 10.0. The Balaban J connectivity index is 2.69. The van der Waals surface area contributed by atoms with Crippen LogP contribution in [0, 0.1) is 24.0 Å². The molecule has 92 valence electrons. The molecule has 18 heavy (non-hydrogen) atoms. The van der Waals surface area contributed by atoms with Crippen molar-refractivity contribution in [2.24, 2.45) is 0 Å². The fourth-order valence-corrected chi connectivity index (χ4v) is 1.90. The highest BCUT2D eigenvalue weighted by atomic mass is 35.5. The first kappa shape index (κ1) is 12.4. The predicted molar refractivity (Wildman–Crippen MR) is 68.6 cm³/mol. The van der Waals surface area contributed by atoms with Crippen LogP contribution in [0.1, 0.15) is 11.1 Å². The summed E-state index contributed by atoms with van der Waals surface area (Å²) in [6.07, 6.45) is 1.13. The van der Waals surface area contributed by atoms with Gasteiger partial charge in [-0.05, 0) is 31.0 Å². The molecule has 1 heterocycles. The van der Waals surface area contributed by atoms with Gasteiger partial charge in [-0.1, -0.05) is 23.8 Å². The zero-order chi connectivity index (χ0) is 13.3. The van der Waals surface area contributed by atoms with Gasteiger partial charge in [-0.15, -0.1) is 0 Å². The molecule has 6 heteroatoms. The normalized spacial score (nSPS) is 10.4. The summed E-state index contributed by atoms with van der Waals surface area (Å²) < 4.78 is 0. The SMILES string of the molecule is Cc1ccc(-c2nc(Cl)ncc2[N+](=O)[O-])c(C)c1. The van der Waals surface area contributed by atoms with Gasteiger partial charge in [-0.25, -0.2) is 9.97 Å². The van der Waals surface area contributed by atoms with E-state index >= 15 is 0 Å². The molecule has 0 saturated heterocycles. The Morgan fingerprint density at radius 2 is 2.06 bits per heavy atom. The molecule has 0 spiro atoms. The van der Waals surface area contributed by atoms with Crippen LogP contribution in [0.2, 0.25) is 5.28 Å². The van der Waals surface area contributed by atoms with Crippen molar-refractivity contribution in [2.75, 3.05) is 0 Å². The molecule has 0 aliphatic rings. The monoisotopic (exact) mass is 263 g/mol. The molecule has 0 N–H and O–H groups in total. The minimum Gasteiger partial charge on any atom is -0.258 e. The van der Waals surface area contributed by atoms with Crippen LogP contribution in [0.3, 0.4) is 0 Å². The van der Waals surface area contributed by atoms with Crippen LogP contribution in [0.25, 0.3) is 11.3 Å². The van der Waals surface area contributed by atoms with Crippen LogP contribution in [0.5, 0.6) is 0 Å². The van der Waals surface area contributed by atoms with Crippen LogP contribution < -0.4 is 0 Å². The third-order valence-electron chi connectivity index (χ3n) is 2.57. The average molecular weight is 264 g/mol. The quantitative estimate of drug-likeness (QED) is 0.473. The molecule has 0 bridgehead atoms. The standard InChI is InChI=1S/C12H10ClN3O2/c1-7-3-4-9(8(2)5-7)11-10(16(17)18)6-14-12(13)15-11/h3-6H,1-2H3. The molecule has 1 aromatic heterocycles. The number of aromatic nitrogens is 2. The van der Waals surface area contributed by atoms with Gasteiger partial charge in [-0.2, -0.15) is 0 Å². The maximum absolute atomic E-state index is 11.0. The Kier molecular flexibility index (Phi) is 3.25. The summed E-state index contributed by atoms with van der Waals surface area (Å²) in [6.45, 7) is 3.83. The minimum absolute atomic E-state index is 0.00410. The number of rotatable bonds is 2. The average Bonchev–Trinajstić information content (AvgIpc) is 2.28. The summed E-state index contributed by atoms with van der Waals surface area (Å²) in [5, 5.41) is 11.0. The second kappa shape index (κ2) is 4.70. The van der Waals surface area contributed by atoms with Crippen LogP contribution in [0.4, 0.5) is 5.69 Å². The van der Waals surface area contributed by atoms with Crippen LogP contribution in [-0.4, -0.2) is 14.9 Å². The Bertz CT molecular complexity index is 629. The summed E-state index contributed by atoms with van der Waals surface area (Å²) >= 11 is 5.71. The van der Waals surface area contributed by atoms with Crippen molar-refractivity contribution < 1.29 is 4.92 Å². The smallest absolute Gasteiger partial charge is 0.258 e. The molecule has 0 amide bonds. The van der Waals surface area contributed by atoms with E-state index in [9.17, 15) is 10.1 Å². The summed E-state index contributed by atoms with van der Waals surface area (Å²) in [6, 6.07) is 5.62. The summed E-state index contributed by atoms with van der Waals surface area (Å²) in [5.74, 6) is 0. The molecule has 0 radical (unpaired) electrons. The Morgan fingerprint density at radius 3 is 2.67 bits per heavy atom. The van der Waals surface area contributed by atoms with Crippen LogP contribution in [-0.2, 0) is 0 Å². The van der Waals surface area contributed by atoms with Gasteiger partial charge in [0, 0.05) is 5.56 Å². The molecule has 0 saturated carbocycles. The number of benzene rings is 1. The maximum atomic E-state index is 11.0. The Labute approximate surface area is 109 Å². The van der Waals surface area contributed by atoms with Gasteiger partial charge in [0.15, 0.2) is 5.69 Å². The number of aryl methyl sites for hydroxylation is 2. The van der Waals surface area contributed by atoms with Crippen molar-refractivity contribution in [1.82, 2.24) is 9.97 Å². The lowest BCUT2D eigenvalue weighted by Gasteiger charge is -2.06. The van der Waals surface area contributed by atoms with Crippen molar-refractivity contribution in [3.05, 3.63) is 50.9 Å². The maximum Gasteiger partial charge on any atom is 0.313 e. The van der Waals surface area contributed by atoms with Crippen LogP contribution in [0.15, 0.2) is 24.4 Å². The van der Waals surface area contributed by atoms with E-state index in [0.29, 0.717) is 5.56 Å². The van der Waals surface area contributed by atoms with Crippen molar-refractivity contribution in [3.63, 3.8) is 0 Å². The first-order chi connectivity index (χ1) is 8.49. The second-order valence-electron chi connectivity index (χ2n) is 3.95. The molecule has 0 aliphatic heterocycles. The number of hydrogen-bond donors (Lipinski definition) is 0. The predicted octanol–water partition coefficient (Wildman–Crippen LogP) is 3.32. The molecular weight excluding hydrogens is 254 g/mol. The third-order valence-corrected chi connectivity index (χ3v) is 2.76. The second-order valence-corrected chi connectivity index (χ2v) is 4.29. The van der Waals surface area contributed by atoms with E-state index in [4.69, 9.17) is 11.6 Å². The molecule has 2 aromatic rings. The Morgan fingerprint density at radius 1 is 1.33 bits per heavy atom. The number of nitro groups is 1. The fourth-order valence-electron chi connectivity index (χ4n) is 1.77. The van der Waals surface area contributed by atoms with Gasteiger partial charge in [-0.3, -0.25) is 10.1 Å². The van der Waals surface area contributed by atoms with E-state index < -0.39 is 4.92 Å². The zero-order valence-electron chi connectivity index (χ0n) is 9.85. The number of hydrogen-bond acceptors (Lipinski definition) is 4. The van der Waals surface area contributed by atoms with E-state index in [1.165, 1.54) is 0 Å². The summed E-state index contributed by atoms with van der Waals surface area (Å²) in [4.78, 5) is 18.1. The molecule has 2 rings (SSSR count). The highest BCUT2D eigenvalue weighted by Gasteiger charge is 2.19. The highest BCUT2D eigenvalue weighted by Crippen LogP contribution is 2.30. The first-order valence-corrected chi connectivity index (χ1v) is 5.61. The van der Waals surface area contributed by atoms with Gasteiger partial charge < -0.3 is 0 Å². The topological polar surface area (TPSA) is 68.9 Å². The Hall–Kier alpha value is -2.01. The van der Waals surface area contributed by atoms with Crippen molar-refractivity contribution >= 4 is 17.3 Å². The molecule has 5 nitrogen and oxygen atoms in total. The molecule has 0 atom stereocenters. The van der Waals surface area contributed by atoms with E-state index in [0.717, 1.165) is 17.3 Å². The van der Waals surface area contributed by atoms with Crippen molar-refractivity contribution in [3.8, 4) is 11.3 Å². The molecule has 0 unspecified atom stereocenters. The van der Waals surface area contributed by atoms with Crippen molar-refractivity contribution in [2.45, 2.75) is 13.8 Å². The van der Waals surface area contributed by atoms with Crippen LogP contribution >= 0.6 is 11.6 Å². The molecular formula is C12H10ClN3O2. The molecule has 1 aromatic carbocycles. The fraction of sp³-hybridized carbons (Fsp3) is 0.167. The lowest BCUT2D eigenvalue weighted by Crippen LogP contribution is -1.98. The van der Waals surface area contributed by atoms with Gasteiger partial charge >= 0.3 is 5.69 Å². The third kappa shape index (κ3) is 2.31. The lowest BCUT2D eigenvalue weighted by molar-refractivity contribution is -0.384. The van der Waals surface area contributed by atoms with Gasteiger partial charge in [0.1, 0.15) is 6.20 Å². The van der Waals surface area contributed by atoms with E-state index in [1.807, 2.05) is 26.0 Å². The molecule has 0 aliphatic carbocycles. The highest BCUT2D eigenvalue weighted by molar-refractivity contribution is 6.28. The number of halogens is 1. The number of nitrogens with zero attached hydrogens (tertiary/aromatic N) is 3. The molecule has 0 fully saturated rings. The van der Waals surface area contributed by atoms with E-state index in [1.54, 1.807) is 6.07 Å². The first-order valence-electron chi connectivity index (χ1n) is 5.23. The van der Waals surface area contributed by atoms with E-state index in [2.05, 4.69) is 9.97 Å². The van der Waals surface area contributed by atoms with Gasteiger partial charge in [0.05, 0.1) is 4.92 Å².